The number of para-hydroxylation sites is 1. The SMILES string of the molecule is CC(=O)Oc1cccc(NC(=O)Nc2c(C)cccc2C)c1. The third-order valence-electron chi connectivity index (χ3n) is 3.07. The van der Waals surface area contributed by atoms with Crippen molar-refractivity contribution in [2.24, 2.45) is 0 Å². The van der Waals surface area contributed by atoms with Crippen molar-refractivity contribution in [3.63, 3.8) is 0 Å². The van der Waals surface area contributed by atoms with Crippen LogP contribution in [0.2, 0.25) is 0 Å². The molecule has 0 spiro atoms. The lowest BCUT2D eigenvalue weighted by atomic mass is 10.1. The highest BCUT2D eigenvalue weighted by atomic mass is 16.5. The van der Waals surface area contributed by atoms with E-state index in [1.54, 1.807) is 24.3 Å². The van der Waals surface area contributed by atoms with E-state index >= 15 is 0 Å². The zero-order valence-corrected chi connectivity index (χ0v) is 12.8. The summed E-state index contributed by atoms with van der Waals surface area (Å²) in [7, 11) is 0. The summed E-state index contributed by atoms with van der Waals surface area (Å²) >= 11 is 0. The highest BCUT2D eigenvalue weighted by molar-refractivity contribution is 6.00. The molecule has 0 bridgehead atoms. The van der Waals surface area contributed by atoms with Crippen LogP contribution in [-0.2, 0) is 4.79 Å². The molecule has 0 saturated heterocycles. The average molecular weight is 298 g/mol. The number of hydrogen-bond donors (Lipinski definition) is 2. The van der Waals surface area contributed by atoms with Gasteiger partial charge in [0.1, 0.15) is 5.75 Å². The van der Waals surface area contributed by atoms with Crippen molar-refractivity contribution in [2.45, 2.75) is 20.8 Å². The first-order chi connectivity index (χ1) is 10.5. The Morgan fingerprint density at radius 2 is 1.59 bits per heavy atom. The van der Waals surface area contributed by atoms with Crippen LogP contribution in [0, 0.1) is 13.8 Å². The van der Waals surface area contributed by atoms with Crippen LogP contribution in [0.1, 0.15) is 18.1 Å². The fraction of sp³-hybridized carbons (Fsp3) is 0.176. The topological polar surface area (TPSA) is 67.4 Å². The Morgan fingerprint density at radius 1 is 0.955 bits per heavy atom. The second-order valence-corrected chi connectivity index (χ2v) is 4.97. The average Bonchev–Trinajstić information content (AvgIpc) is 2.42. The molecule has 114 valence electrons. The number of ether oxygens (including phenoxy) is 1. The predicted octanol–water partition coefficient (Wildman–Crippen LogP) is 3.87. The molecule has 0 fully saturated rings. The molecule has 22 heavy (non-hydrogen) atoms. The molecule has 2 aromatic carbocycles. The minimum Gasteiger partial charge on any atom is -0.427 e. The Morgan fingerprint density at radius 3 is 2.23 bits per heavy atom. The molecule has 2 rings (SSSR count). The van der Waals surface area contributed by atoms with Gasteiger partial charge in [-0.25, -0.2) is 4.79 Å². The number of aryl methyl sites for hydroxylation is 2. The quantitative estimate of drug-likeness (QED) is 0.667. The van der Waals surface area contributed by atoms with Crippen molar-refractivity contribution in [3.8, 4) is 5.75 Å². The normalized spacial score (nSPS) is 9.95. The fourth-order valence-electron chi connectivity index (χ4n) is 2.09. The van der Waals surface area contributed by atoms with E-state index in [0.29, 0.717) is 11.4 Å². The van der Waals surface area contributed by atoms with E-state index in [2.05, 4.69) is 10.6 Å². The summed E-state index contributed by atoms with van der Waals surface area (Å²) in [5, 5.41) is 5.55. The zero-order chi connectivity index (χ0) is 16.1. The van der Waals surface area contributed by atoms with Gasteiger partial charge in [-0.15, -0.1) is 0 Å². The van der Waals surface area contributed by atoms with E-state index in [9.17, 15) is 9.59 Å². The lowest BCUT2D eigenvalue weighted by molar-refractivity contribution is -0.131. The fourth-order valence-corrected chi connectivity index (χ4v) is 2.09. The van der Waals surface area contributed by atoms with Gasteiger partial charge in [-0.05, 0) is 37.1 Å². The second-order valence-electron chi connectivity index (χ2n) is 4.97. The smallest absolute Gasteiger partial charge is 0.323 e. The van der Waals surface area contributed by atoms with Gasteiger partial charge >= 0.3 is 12.0 Å². The van der Waals surface area contributed by atoms with Gasteiger partial charge in [0.2, 0.25) is 0 Å². The molecule has 5 nitrogen and oxygen atoms in total. The van der Waals surface area contributed by atoms with E-state index in [1.165, 1.54) is 6.92 Å². The third-order valence-corrected chi connectivity index (χ3v) is 3.07. The number of carbonyl (C=O) groups excluding carboxylic acids is 2. The van der Waals surface area contributed by atoms with E-state index in [1.807, 2.05) is 32.0 Å². The lowest BCUT2D eigenvalue weighted by Gasteiger charge is -2.12. The molecule has 0 saturated carbocycles. The first-order valence-electron chi connectivity index (χ1n) is 6.88. The van der Waals surface area contributed by atoms with Crippen LogP contribution >= 0.6 is 0 Å². The van der Waals surface area contributed by atoms with Crippen LogP contribution in [0.3, 0.4) is 0 Å². The van der Waals surface area contributed by atoms with Crippen LogP contribution in [0.5, 0.6) is 5.75 Å². The number of anilines is 2. The van der Waals surface area contributed by atoms with Gasteiger partial charge in [-0.1, -0.05) is 24.3 Å². The van der Waals surface area contributed by atoms with E-state index in [0.717, 1.165) is 16.8 Å². The van der Waals surface area contributed by atoms with Gasteiger partial charge in [0.25, 0.3) is 0 Å². The molecule has 0 aliphatic rings. The first kappa shape index (κ1) is 15.6. The molecule has 2 N–H and O–H groups in total. The summed E-state index contributed by atoms with van der Waals surface area (Å²) in [4.78, 5) is 23.0. The highest BCUT2D eigenvalue weighted by Crippen LogP contribution is 2.21. The van der Waals surface area contributed by atoms with E-state index < -0.39 is 5.97 Å². The van der Waals surface area contributed by atoms with Gasteiger partial charge < -0.3 is 15.4 Å². The maximum absolute atomic E-state index is 12.1. The maximum atomic E-state index is 12.1. The summed E-state index contributed by atoms with van der Waals surface area (Å²) < 4.78 is 4.98. The Labute approximate surface area is 129 Å². The van der Waals surface area contributed by atoms with Gasteiger partial charge in [0, 0.05) is 24.4 Å². The molecular formula is C17H18N2O3. The Hall–Kier alpha value is -2.82. The van der Waals surface area contributed by atoms with Gasteiger partial charge in [0.05, 0.1) is 0 Å². The van der Waals surface area contributed by atoms with E-state index in [-0.39, 0.29) is 6.03 Å². The van der Waals surface area contributed by atoms with Crippen molar-refractivity contribution in [1.29, 1.82) is 0 Å². The number of amides is 2. The van der Waals surface area contributed by atoms with Gasteiger partial charge in [-0.2, -0.15) is 0 Å². The van der Waals surface area contributed by atoms with E-state index in [4.69, 9.17) is 4.74 Å². The monoisotopic (exact) mass is 298 g/mol. The number of hydrogen-bond acceptors (Lipinski definition) is 3. The Kier molecular flexibility index (Phi) is 4.78. The van der Waals surface area contributed by atoms with Crippen LogP contribution < -0.4 is 15.4 Å². The van der Waals surface area contributed by atoms with Crippen molar-refractivity contribution in [1.82, 2.24) is 0 Å². The van der Waals surface area contributed by atoms with Crippen molar-refractivity contribution in [2.75, 3.05) is 10.6 Å². The van der Waals surface area contributed by atoms with Gasteiger partial charge in [-0.3, -0.25) is 4.79 Å². The number of esters is 1. The molecule has 0 aliphatic heterocycles. The van der Waals surface area contributed by atoms with Crippen molar-refractivity contribution < 1.29 is 14.3 Å². The summed E-state index contributed by atoms with van der Waals surface area (Å²) in [6.07, 6.45) is 0. The third kappa shape index (κ3) is 4.09. The van der Waals surface area contributed by atoms with Crippen molar-refractivity contribution in [3.05, 3.63) is 53.6 Å². The summed E-state index contributed by atoms with van der Waals surface area (Å²) in [6.45, 7) is 5.20. The van der Waals surface area contributed by atoms with Crippen LogP contribution in [0.25, 0.3) is 0 Å². The minimum absolute atomic E-state index is 0.350. The lowest BCUT2D eigenvalue weighted by Crippen LogP contribution is -2.20. The van der Waals surface area contributed by atoms with Crippen LogP contribution in [0.4, 0.5) is 16.2 Å². The molecule has 0 aromatic heterocycles. The van der Waals surface area contributed by atoms with Crippen LogP contribution in [-0.4, -0.2) is 12.0 Å². The molecular weight excluding hydrogens is 280 g/mol. The minimum atomic E-state index is -0.405. The summed E-state index contributed by atoms with van der Waals surface area (Å²) in [5.41, 5.74) is 3.31. The largest absolute Gasteiger partial charge is 0.427 e. The number of urea groups is 1. The number of benzene rings is 2. The molecule has 0 radical (unpaired) electrons. The first-order valence-corrected chi connectivity index (χ1v) is 6.88. The maximum Gasteiger partial charge on any atom is 0.323 e. The molecule has 0 unspecified atom stereocenters. The molecule has 0 atom stereocenters. The molecule has 2 amide bonds. The zero-order valence-electron chi connectivity index (χ0n) is 12.8. The molecule has 2 aromatic rings. The van der Waals surface area contributed by atoms with Crippen LogP contribution in [0.15, 0.2) is 42.5 Å². The Bertz CT molecular complexity index is 691. The standard InChI is InChI=1S/C17H18N2O3/c1-11-6-4-7-12(2)16(11)19-17(21)18-14-8-5-9-15(10-14)22-13(3)20/h4-10H,1-3H3,(H2,18,19,21). The molecule has 5 heteroatoms. The summed E-state index contributed by atoms with van der Waals surface area (Å²) in [6, 6.07) is 12.1. The number of carbonyl (C=O) groups is 2. The molecule has 0 aliphatic carbocycles. The molecule has 0 heterocycles. The second kappa shape index (κ2) is 6.76. The highest BCUT2D eigenvalue weighted by Gasteiger charge is 2.08. The van der Waals surface area contributed by atoms with Gasteiger partial charge in [0.15, 0.2) is 0 Å². The van der Waals surface area contributed by atoms with Crippen molar-refractivity contribution >= 4 is 23.4 Å². The summed E-state index contributed by atoms with van der Waals surface area (Å²) in [5.74, 6) is -0.0190. The Balaban J connectivity index is 2.08. The number of rotatable bonds is 3. The predicted molar refractivity (Wildman–Crippen MR) is 86.3 cm³/mol. The number of nitrogens with one attached hydrogen (secondary N) is 2.